The van der Waals surface area contributed by atoms with Gasteiger partial charge in [-0.15, -0.1) is 0 Å². The molecule has 0 radical (unpaired) electrons. The van der Waals surface area contributed by atoms with E-state index in [0.29, 0.717) is 0 Å². The molecule has 0 aromatic carbocycles. The fourth-order valence-electron chi connectivity index (χ4n) is 1.12. The van der Waals surface area contributed by atoms with Crippen molar-refractivity contribution in [3.05, 3.63) is 23.6 Å². The SMILES string of the molecule is CN/C=C(\C)C(/C=C(\C)ONC)N=CN. The number of rotatable bonds is 6. The van der Waals surface area contributed by atoms with Crippen LogP contribution in [0.4, 0.5) is 0 Å². The molecule has 0 saturated heterocycles. The van der Waals surface area contributed by atoms with Crippen LogP contribution in [-0.2, 0) is 4.84 Å². The maximum Gasteiger partial charge on any atom is 0.119 e. The first-order chi connectivity index (χ1) is 7.15. The van der Waals surface area contributed by atoms with Gasteiger partial charge in [-0.3, -0.25) is 4.99 Å². The minimum absolute atomic E-state index is 0.101. The summed E-state index contributed by atoms with van der Waals surface area (Å²) < 4.78 is 0. The summed E-state index contributed by atoms with van der Waals surface area (Å²) in [6.07, 6.45) is 5.05. The molecule has 1 unspecified atom stereocenters. The molecular weight excluding hydrogens is 192 g/mol. The molecule has 0 aliphatic heterocycles. The number of nitrogens with two attached hydrogens (primary N) is 1. The van der Waals surface area contributed by atoms with Gasteiger partial charge in [0.1, 0.15) is 5.76 Å². The topological polar surface area (TPSA) is 71.7 Å². The van der Waals surface area contributed by atoms with Gasteiger partial charge in [-0.05, 0) is 31.7 Å². The lowest BCUT2D eigenvalue weighted by molar-refractivity contribution is 0.127. The Hall–Kier alpha value is -1.49. The van der Waals surface area contributed by atoms with E-state index in [0.717, 1.165) is 11.3 Å². The van der Waals surface area contributed by atoms with Gasteiger partial charge in [-0.25, -0.2) is 0 Å². The van der Waals surface area contributed by atoms with Crippen LogP contribution in [0.3, 0.4) is 0 Å². The number of hydroxylamine groups is 1. The molecule has 5 heteroatoms. The minimum Gasteiger partial charge on any atom is -0.414 e. The molecule has 0 amide bonds. The van der Waals surface area contributed by atoms with Crippen LogP contribution >= 0.6 is 0 Å². The highest BCUT2D eigenvalue weighted by molar-refractivity contribution is 5.52. The second-order valence-corrected chi connectivity index (χ2v) is 3.00. The van der Waals surface area contributed by atoms with E-state index in [-0.39, 0.29) is 6.04 Å². The Morgan fingerprint density at radius 2 is 2.07 bits per heavy atom. The molecule has 0 aliphatic rings. The summed E-state index contributed by atoms with van der Waals surface area (Å²) in [6, 6.07) is -0.101. The van der Waals surface area contributed by atoms with E-state index in [1.165, 1.54) is 6.34 Å². The van der Waals surface area contributed by atoms with E-state index in [4.69, 9.17) is 10.6 Å². The van der Waals surface area contributed by atoms with Gasteiger partial charge < -0.3 is 15.9 Å². The molecule has 0 aromatic rings. The summed E-state index contributed by atoms with van der Waals surface area (Å²) >= 11 is 0. The summed E-state index contributed by atoms with van der Waals surface area (Å²) in [5.41, 5.74) is 8.94. The van der Waals surface area contributed by atoms with Crippen LogP contribution in [0.15, 0.2) is 28.6 Å². The number of nitrogens with one attached hydrogen (secondary N) is 2. The molecule has 0 bridgehead atoms. The summed E-state index contributed by atoms with van der Waals surface area (Å²) in [7, 11) is 3.54. The zero-order valence-electron chi connectivity index (χ0n) is 9.74. The van der Waals surface area contributed by atoms with Crippen molar-refractivity contribution in [2.75, 3.05) is 14.1 Å². The van der Waals surface area contributed by atoms with E-state index in [9.17, 15) is 0 Å². The molecule has 86 valence electrons. The van der Waals surface area contributed by atoms with Crippen molar-refractivity contribution in [3.63, 3.8) is 0 Å². The fraction of sp³-hybridized carbons (Fsp3) is 0.500. The van der Waals surface area contributed by atoms with E-state index in [1.807, 2.05) is 33.2 Å². The Kier molecular flexibility index (Phi) is 7.09. The van der Waals surface area contributed by atoms with E-state index < -0.39 is 0 Å². The third-order valence-corrected chi connectivity index (χ3v) is 1.74. The Morgan fingerprint density at radius 1 is 1.40 bits per heavy atom. The molecule has 0 saturated carbocycles. The Bertz CT molecular complexity index is 258. The maximum absolute atomic E-state index is 5.29. The van der Waals surface area contributed by atoms with E-state index >= 15 is 0 Å². The largest absolute Gasteiger partial charge is 0.414 e. The van der Waals surface area contributed by atoms with Crippen LogP contribution < -0.4 is 16.5 Å². The second-order valence-electron chi connectivity index (χ2n) is 3.00. The van der Waals surface area contributed by atoms with Crippen molar-refractivity contribution in [3.8, 4) is 0 Å². The third-order valence-electron chi connectivity index (χ3n) is 1.74. The highest BCUT2D eigenvalue weighted by atomic mass is 16.6. The van der Waals surface area contributed by atoms with Crippen LogP contribution in [0.5, 0.6) is 0 Å². The summed E-state index contributed by atoms with van der Waals surface area (Å²) in [5.74, 6) is 0.747. The summed E-state index contributed by atoms with van der Waals surface area (Å²) in [5, 5.41) is 2.95. The quantitative estimate of drug-likeness (QED) is 0.260. The third kappa shape index (κ3) is 5.74. The summed E-state index contributed by atoms with van der Waals surface area (Å²) in [6.45, 7) is 3.82. The lowest BCUT2D eigenvalue weighted by atomic mass is 10.1. The van der Waals surface area contributed by atoms with E-state index in [2.05, 4.69) is 15.8 Å². The average molecular weight is 212 g/mol. The molecule has 4 N–H and O–H groups in total. The van der Waals surface area contributed by atoms with Crippen LogP contribution in [0, 0.1) is 0 Å². The van der Waals surface area contributed by atoms with Gasteiger partial charge in [0, 0.05) is 14.1 Å². The standard InChI is InChI=1S/C10H20N4O/c1-8(6-12-3)10(14-7-11)5-9(2)15-13-4/h5-7,10,12-13H,1-4H3,(H2,11,14)/b8-6+,9-5+. The van der Waals surface area contributed by atoms with Crippen molar-refractivity contribution in [2.24, 2.45) is 10.7 Å². The van der Waals surface area contributed by atoms with Gasteiger partial charge in [0.2, 0.25) is 0 Å². The second kappa shape index (κ2) is 7.87. The normalized spacial score (nSPS) is 15.5. The zero-order valence-corrected chi connectivity index (χ0v) is 9.74. The molecule has 0 heterocycles. The molecule has 15 heavy (non-hydrogen) atoms. The number of allylic oxidation sites excluding steroid dienone is 1. The van der Waals surface area contributed by atoms with Gasteiger partial charge in [0.05, 0.1) is 12.4 Å². The van der Waals surface area contributed by atoms with Crippen molar-refractivity contribution < 1.29 is 4.84 Å². The van der Waals surface area contributed by atoms with Gasteiger partial charge in [-0.1, -0.05) is 0 Å². The van der Waals surface area contributed by atoms with Crippen LogP contribution in [0.2, 0.25) is 0 Å². The van der Waals surface area contributed by atoms with E-state index in [1.54, 1.807) is 7.05 Å². The van der Waals surface area contributed by atoms with Crippen molar-refractivity contribution in [1.82, 2.24) is 10.8 Å². The highest BCUT2D eigenvalue weighted by Gasteiger charge is 2.05. The van der Waals surface area contributed by atoms with Crippen molar-refractivity contribution >= 4 is 6.34 Å². The Labute approximate surface area is 91.0 Å². The van der Waals surface area contributed by atoms with Crippen LogP contribution in [0.25, 0.3) is 0 Å². The fourth-order valence-corrected chi connectivity index (χ4v) is 1.12. The minimum atomic E-state index is -0.101. The lowest BCUT2D eigenvalue weighted by Gasteiger charge is -2.10. The molecule has 1 atom stereocenters. The predicted molar refractivity (Wildman–Crippen MR) is 63.2 cm³/mol. The maximum atomic E-state index is 5.29. The number of aliphatic imine (C=N–C) groups is 1. The van der Waals surface area contributed by atoms with Gasteiger partial charge >= 0.3 is 0 Å². The highest BCUT2D eigenvalue weighted by Crippen LogP contribution is 2.09. The molecule has 0 aromatic heterocycles. The monoisotopic (exact) mass is 212 g/mol. The lowest BCUT2D eigenvalue weighted by Crippen LogP contribution is -2.12. The number of hydrogen-bond donors (Lipinski definition) is 3. The Morgan fingerprint density at radius 3 is 2.53 bits per heavy atom. The van der Waals surface area contributed by atoms with Crippen molar-refractivity contribution in [2.45, 2.75) is 19.9 Å². The first-order valence-electron chi connectivity index (χ1n) is 4.75. The molecule has 5 nitrogen and oxygen atoms in total. The summed E-state index contributed by atoms with van der Waals surface area (Å²) in [4.78, 5) is 9.22. The molecule has 0 fully saturated rings. The molecule has 0 spiro atoms. The van der Waals surface area contributed by atoms with Crippen LogP contribution in [0.1, 0.15) is 13.8 Å². The number of hydrogen-bond acceptors (Lipinski definition) is 4. The van der Waals surface area contributed by atoms with Gasteiger partial charge in [-0.2, -0.15) is 5.48 Å². The van der Waals surface area contributed by atoms with Gasteiger partial charge in [0.25, 0.3) is 0 Å². The van der Waals surface area contributed by atoms with Gasteiger partial charge in [0.15, 0.2) is 0 Å². The smallest absolute Gasteiger partial charge is 0.119 e. The zero-order chi connectivity index (χ0) is 11.7. The predicted octanol–water partition coefficient (Wildman–Crippen LogP) is 0.520. The first kappa shape index (κ1) is 13.5. The number of nitrogens with zero attached hydrogens (tertiary/aromatic N) is 1. The Balaban J connectivity index is 4.67. The molecular formula is C10H20N4O. The van der Waals surface area contributed by atoms with Crippen LogP contribution in [-0.4, -0.2) is 26.5 Å². The first-order valence-corrected chi connectivity index (χ1v) is 4.75. The van der Waals surface area contributed by atoms with Crippen molar-refractivity contribution in [1.29, 1.82) is 0 Å². The molecule has 0 rings (SSSR count). The molecule has 0 aliphatic carbocycles. The average Bonchev–Trinajstić information content (AvgIpc) is 2.18.